The van der Waals surface area contributed by atoms with Gasteiger partial charge >= 0.3 is 11.9 Å². The number of cyclic esters (lactones) is 2. The summed E-state index contributed by atoms with van der Waals surface area (Å²) in [5.74, 6) is -0.771. The maximum absolute atomic E-state index is 11.5. The van der Waals surface area contributed by atoms with Crippen molar-refractivity contribution in [2.75, 3.05) is 0 Å². The highest BCUT2D eigenvalue weighted by molar-refractivity contribution is 6.12. The van der Waals surface area contributed by atoms with Gasteiger partial charge in [0, 0.05) is 0 Å². The molecule has 0 spiro atoms. The van der Waals surface area contributed by atoms with Gasteiger partial charge in [0.1, 0.15) is 5.92 Å². The number of nitrogens with zero attached hydrogens (tertiary/aromatic N) is 2. The molecule has 2 aliphatic heterocycles. The number of aliphatic imine (C=N–C) groups is 2. The van der Waals surface area contributed by atoms with Gasteiger partial charge in [-0.2, -0.15) is 0 Å². The van der Waals surface area contributed by atoms with E-state index in [2.05, 4.69) is 9.98 Å². The zero-order chi connectivity index (χ0) is 13.7. The average molecular weight is 252 g/mol. The fourth-order valence-corrected chi connectivity index (χ4v) is 1.60. The van der Waals surface area contributed by atoms with Crippen molar-refractivity contribution in [2.24, 2.45) is 15.9 Å². The van der Waals surface area contributed by atoms with Crippen LogP contribution in [-0.2, 0) is 19.1 Å². The lowest BCUT2D eigenvalue weighted by Crippen LogP contribution is -2.26. The molecular formula is C12H16N2O4. The fourth-order valence-electron chi connectivity index (χ4n) is 1.60. The molecule has 6 nitrogen and oxygen atoms in total. The molecule has 0 aliphatic carbocycles. The molecule has 2 rings (SSSR count). The number of carbonyl (C=O) groups is 2. The monoisotopic (exact) mass is 252 g/mol. The quantitative estimate of drug-likeness (QED) is 0.689. The van der Waals surface area contributed by atoms with Crippen LogP contribution in [0, 0.1) is 5.92 Å². The lowest BCUT2D eigenvalue weighted by molar-refractivity contribution is -0.138. The first kappa shape index (κ1) is 12.7. The van der Waals surface area contributed by atoms with E-state index in [1.54, 1.807) is 34.6 Å². The van der Waals surface area contributed by atoms with Crippen LogP contribution in [0.2, 0.25) is 0 Å². The van der Waals surface area contributed by atoms with E-state index in [1.807, 2.05) is 0 Å². The molecule has 0 bridgehead atoms. The largest absolute Gasteiger partial charge is 0.409 e. The number of esters is 2. The van der Waals surface area contributed by atoms with Crippen molar-refractivity contribution in [3.63, 3.8) is 0 Å². The van der Waals surface area contributed by atoms with Crippen molar-refractivity contribution >= 4 is 23.7 Å². The first-order valence-corrected chi connectivity index (χ1v) is 5.77. The summed E-state index contributed by atoms with van der Waals surface area (Å²) in [6.07, 6.45) is 0. The molecule has 2 heterocycles. The Kier molecular flexibility index (Phi) is 2.57. The second kappa shape index (κ2) is 3.63. The standard InChI is InChI=1S/C12H16N2O4/c1-6(7-13-11(2,3)9(15)17-7)8-14-12(4,5)10(16)18-8/h6H,1-5H3. The molecule has 0 N–H and O–H groups in total. The van der Waals surface area contributed by atoms with Gasteiger partial charge in [0.25, 0.3) is 0 Å². The van der Waals surface area contributed by atoms with Gasteiger partial charge in [-0.05, 0) is 34.6 Å². The van der Waals surface area contributed by atoms with E-state index < -0.39 is 28.9 Å². The van der Waals surface area contributed by atoms with Gasteiger partial charge in [-0.1, -0.05) is 0 Å². The Hall–Kier alpha value is -1.72. The summed E-state index contributed by atoms with van der Waals surface area (Å²) in [6, 6.07) is 0. The van der Waals surface area contributed by atoms with Gasteiger partial charge < -0.3 is 9.47 Å². The average Bonchev–Trinajstić information content (AvgIpc) is 2.65. The molecule has 6 heteroatoms. The molecule has 0 unspecified atom stereocenters. The summed E-state index contributed by atoms with van der Waals surface area (Å²) in [5, 5.41) is 0. The molecule has 98 valence electrons. The molecule has 0 fully saturated rings. The topological polar surface area (TPSA) is 77.3 Å². The molecule has 0 aromatic heterocycles. The zero-order valence-electron chi connectivity index (χ0n) is 11.1. The zero-order valence-corrected chi connectivity index (χ0v) is 11.1. The Balaban J connectivity index is 2.23. The fraction of sp³-hybridized carbons (Fsp3) is 0.667. The van der Waals surface area contributed by atoms with Gasteiger partial charge in [0.05, 0.1) is 0 Å². The molecule has 0 saturated carbocycles. The minimum atomic E-state index is -0.887. The van der Waals surface area contributed by atoms with Crippen LogP contribution in [-0.4, -0.2) is 34.8 Å². The Morgan fingerprint density at radius 1 is 0.889 bits per heavy atom. The van der Waals surface area contributed by atoms with Crippen LogP contribution in [0.25, 0.3) is 0 Å². The SMILES string of the molecule is CC(C1=NC(C)(C)C(=O)O1)C1=NC(C)(C)C(=O)O1. The third-order valence-electron chi connectivity index (χ3n) is 2.91. The van der Waals surface area contributed by atoms with Crippen LogP contribution in [0.5, 0.6) is 0 Å². The Morgan fingerprint density at radius 2 is 1.22 bits per heavy atom. The Morgan fingerprint density at radius 3 is 1.44 bits per heavy atom. The van der Waals surface area contributed by atoms with Crippen molar-refractivity contribution in [3.05, 3.63) is 0 Å². The second-order valence-electron chi connectivity index (χ2n) is 5.52. The van der Waals surface area contributed by atoms with E-state index in [0.29, 0.717) is 0 Å². The van der Waals surface area contributed by atoms with E-state index >= 15 is 0 Å². The highest BCUT2D eigenvalue weighted by atomic mass is 16.6. The van der Waals surface area contributed by atoms with Gasteiger partial charge in [0.2, 0.25) is 11.8 Å². The molecule has 0 aromatic carbocycles. The predicted octanol–water partition coefficient (Wildman–Crippen LogP) is 1.09. The first-order chi connectivity index (χ1) is 8.13. The third kappa shape index (κ3) is 1.91. The van der Waals surface area contributed by atoms with Gasteiger partial charge in [-0.25, -0.2) is 19.6 Å². The van der Waals surface area contributed by atoms with Crippen LogP contribution in [0.1, 0.15) is 34.6 Å². The molecule has 18 heavy (non-hydrogen) atoms. The number of hydrogen-bond acceptors (Lipinski definition) is 6. The van der Waals surface area contributed by atoms with Crippen molar-refractivity contribution in [1.82, 2.24) is 0 Å². The van der Waals surface area contributed by atoms with E-state index in [1.165, 1.54) is 0 Å². The molecular weight excluding hydrogens is 236 g/mol. The highest BCUT2D eigenvalue weighted by Gasteiger charge is 2.44. The first-order valence-electron chi connectivity index (χ1n) is 5.77. The maximum Gasteiger partial charge on any atom is 0.340 e. The maximum atomic E-state index is 11.5. The van der Waals surface area contributed by atoms with Gasteiger partial charge in [0.15, 0.2) is 11.1 Å². The Labute approximate surface area is 105 Å². The van der Waals surface area contributed by atoms with E-state index in [9.17, 15) is 9.59 Å². The summed E-state index contributed by atoms with van der Waals surface area (Å²) in [7, 11) is 0. The van der Waals surface area contributed by atoms with Crippen LogP contribution in [0.3, 0.4) is 0 Å². The van der Waals surface area contributed by atoms with Crippen molar-refractivity contribution in [3.8, 4) is 0 Å². The molecule has 0 amide bonds. The molecule has 0 aromatic rings. The lowest BCUT2D eigenvalue weighted by atomic mass is 10.1. The summed E-state index contributed by atoms with van der Waals surface area (Å²) < 4.78 is 10.2. The summed E-state index contributed by atoms with van der Waals surface area (Å²) in [4.78, 5) is 31.4. The van der Waals surface area contributed by atoms with Crippen LogP contribution in [0.15, 0.2) is 9.98 Å². The summed E-state index contributed by atoms with van der Waals surface area (Å²) in [5.41, 5.74) is -1.77. The smallest absolute Gasteiger partial charge is 0.340 e. The van der Waals surface area contributed by atoms with E-state index in [4.69, 9.17) is 9.47 Å². The third-order valence-corrected chi connectivity index (χ3v) is 2.91. The predicted molar refractivity (Wildman–Crippen MR) is 64.4 cm³/mol. The van der Waals surface area contributed by atoms with Gasteiger partial charge in [-0.3, -0.25) is 0 Å². The van der Waals surface area contributed by atoms with Crippen molar-refractivity contribution < 1.29 is 19.1 Å². The lowest BCUT2D eigenvalue weighted by Gasteiger charge is -2.08. The number of rotatable bonds is 2. The van der Waals surface area contributed by atoms with E-state index in [0.717, 1.165) is 0 Å². The highest BCUT2D eigenvalue weighted by Crippen LogP contribution is 2.27. The number of ether oxygens (including phenoxy) is 2. The Bertz CT molecular complexity index is 444. The summed E-state index contributed by atoms with van der Waals surface area (Å²) in [6.45, 7) is 8.41. The molecule has 2 aliphatic rings. The molecule has 0 radical (unpaired) electrons. The number of carbonyl (C=O) groups excluding carboxylic acids is 2. The van der Waals surface area contributed by atoms with Crippen molar-refractivity contribution in [2.45, 2.75) is 45.7 Å². The van der Waals surface area contributed by atoms with Crippen molar-refractivity contribution in [1.29, 1.82) is 0 Å². The van der Waals surface area contributed by atoms with Crippen LogP contribution < -0.4 is 0 Å². The number of hydrogen-bond donors (Lipinski definition) is 0. The van der Waals surface area contributed by atoms with Crippen LogP contribution >= 0.6 is 0 Å². The van der Waals surface area contributed by atoms with Gasteiger partial charge in [-0.15, -0.1) is 0 Å². The second-order valence-corrected chi connectivity index (χ2v) is 5.52. The minimum Gasteiger partial charge on any atom is -0.409 e. The normalized spacial score (nSPS) is 24.8. The molecule has 0 atom stereocenters. The van der Waals surface area contributed by atoms with Crippen LogP contribution in [0.4, 0.5) is 0 Å². The molecule has 0 saturated heterocycles. The minimum absolute atomic E-state index is 0.245. The summed E-state index contributed by atoms with van der Waals surface area (Å²) >= 11 is 0. The van der Waals surface area contributed by atoms with E-state index in [-0.39, 0.29) is 11.8 Å².